The predicted octanol–water partition coefficient (Wildman–Crippen LogP) is 3.10. The Morgan fingerprint density at radius 1 is 1.36 bits per heavy atom. The van der Waals surface area contributed by atoms with Crippen LogP contribution in [-0.4, -0.2) is 17.3 Å². The SMILES string of the molecule is CCC(Br)CCNC(=O)CCC(C)C. The van der Waals surface area contributed by atoms with Gasteiger partial charge in [0.15, 0.2) is 0 Å². The molecule has 2 nitrogen and oxygen atoms in total. The van der Waals surface area contributed by atoms with Gasteiger partial charge in [-0.25, -0.2) is 0 Å². The van der Waals surface area contributed by atoms with E-state index in [-0.39, 0.29) is 5.91 Å². The van der Waals surface area contributed by atoms with E-state index in [1.54, 1.807) is 0 Å². The summed E-state index contributed by atoms with van der Waals surface area (Å²) in [7, 11) is 0. The summed E-state index contributed by atoms with van der Waals surface area (Å²) in [6.45, 7) is 7.21. The molecule has 1 N–H and O–H groups in total. The molecule has 3 heteroatoms. The van der Waals surface area contributed by atoms with Crippen molar-refractivity contribution in [2.45, 2.75) is 51.3 Å². The van der Waals surface area contributed by atoms with Crippen molar-refractivity contribution < 1.29 is 4.79 Å². The fourth-order valence-corrected chi connectivity index (χ4v) is 1.31. The Labute approximate surface area is 96.0 Å². The molecule has 0 heterocycles. The number of amides is 1. The van der Waals surface area contributed by atoms with Gasteiger partial charge in [-0.2, -0.15) is 0 Å². The summed E-state index contributed by atoms with van der Waals surface area (Å²) >= 11 is 3.54. The van der Waals surface area contributed by atoms with Gasteiger partial charge >= 0.3 is 0 Å². The van der Waals surface area contributed by atoms with E-state index in [1.807, 2.05) is 0 Å². The van der Waals surface area contributed by atoms with Crippen molar-refractivity contribution >= 4 is 21.8 Å². The van der Waals surface area contributed by atoms with E-state index in [1.165, 1.54) is 0 Å². The molecule has 0 aliphatic heterocycles. The molecule has 0 aliphatic rings. The van der Waals surface area contributed by atoms with Crippen LogP contribution in [0.3, 0.4) is 0 Å². The standard InChI is InChI=1S/C11H22BrNO/c1-4-10(12)7-8-13-11(14)6-5-9(2)3/h9-10H,4-8H2,1-3H3,(H,13,14). The van der Waals surface area contributed by atoms with E-state index in [9.17, 15) is 4.79 Å². The number of nitrogens with one attached hydrogen (secondary N) is 1. The molecule has 0 radical (unpaired) electrons. The number of halogens is 1. The highest BCUT2D eigenvalue weighted by Crippen LogP contribution is 2.08. The molecule has 1 unspecified atom stereocenters. The van der Waals surface area contributed by atoms with Gasteiger partial charge in [-0.1, -0.05) is 36.7 Å². The van der Waals surface area contributed by atoms with Gasteiger partial charge in [0.05, 0.1) is 0 Å². The highest BCUT2D eigenvalue weighted by Gasteiger charge is 2.04. The molecule has 0 aliphatic carbocycles. The molecule has 0 saturated carbocycles. The summed E-state index contributed by atoms with van der Waals surface area (Å²) in [6, 6.07) is 0. The van der Waals surface area contributed by atoms with E-state index in [0.29, 0.717) is 17.2 Å². The number of carbonyl (C=O) groups excluding carboxylic acids is 1. The van der Waals surface area contributed by atoms with Crippen LogP contribution in [0.4, 0.5) is 0 Å². The molecular formula is C11H22BrNO. The average molecular weight is 264 g/mol. The van der Waals surface area contributed by atoms with Gasteiger partial charge in [-0.15, -0.1) is 0 Å². The lowest BCUT2D eigenvalue weighted by molar-refractivity contribution is -0.121. The van der Waals surface area contributed by atoms with Gasteiger partial charge in [0.25, 0.3) is 0 Å². The van der Waals surface area contributed by atoms with Crippen LogP contribution in [0.25, 0.3) is 0 Å². The van der Waals surface area contributed by atoms with Crippen molar-refractivity contribution in [3.8, 4) is 0 Å². The monoisotopic (exact) mass is 263 g/mol. The Morgan fingerprint density at radius 3 is 2.50 bits per heavy atom. The number of carbonyl (C=O) groups is 1. The molecule has 14 heavy (non-hydrogen) atoms. The van der Waals surface area contributed by atoms with E-state index >= 15 is 0 Å². The molecule has 1 amide bonds. The molecule has 0 aromatic heterocycles. The van der Waals surface area contributed by atoms with Crippen LogP contribution in [0.5, 0.6) is 0 Å². The maximum Gasteiger partial charge on any atom is 0.220 e. The van der Waals surface area contributed by atoms with Crippen molar-refractivity contribution in [3.05, 3.63) is 0 Å². The average Bonchev–Trinajstić information content (AvgIpc) is 2.14. The topological polar surface area (TPSA) is 29.1 Å². The largest absolute Gasteiger partial charge is 0.356 e. The molecule has 0 spiro atoms. The smallest absolute Gasteiger partial charge is 0.220 e. The van der Waals surface area contributed by atoms with Crippen LogP contribution in [0.1, 0.15) is 46.5 Å². The number of rotatable bonds is 7. The van der Waals surface area contributed by atoms with Crippen molar-refractivity contribution in [2.24, 2.45) is 5.92 Å². The van der Waals surface area contributed by atoms with Crippen LogP contribution in [-0.2, 0) is 4.79 Å². The Bertz CT molecular complexity index is 159. The van der Waals surface area contributed by atoms with Gasteiger partial charge < -0.3 is 5.32 Å². The Morgan fingerprint density at radius 2 is 2.00 bits per heavy atom. The minimum atomic E-state index is 0.189. The van der Waals surface area contributed by atoms with Crippen molar-refractivity contribution in [2.75, 3.05) is 6.54 Å². The maximum atomic E-state index is 11.3. The minimum absolute atomic E-state index is 0.189. The fraction of sp³-hybridized carbons (Fsp3) is 0.909. The summed E-state index contributed by atoms with van der Waals surface area (Å²) in [4.78, 5) is 11.8. The molecule has 0 saturated heterocycles. The molecular weight excluding hydrogens is 242 g/mol. The number of hydrogen-bond acceptors (Lipinski definition) is 1. The second kappa shape index (κ2) is 8.27. The first-order valence-corrected chi connectivity index (χ1v) is 6.38. The zero-order chi connectivity index (χ0) is 11.0. The second-order valence-electron chi connectivity index (χ2n) is 4.08. The quantitative estimate of drug-likeness (QED) is 0.703. The Hall–Kier alpha value is -0.0500. The molecule has 84 valence electrons. The number of alkyl halides is 1. The van der Waals surface area contributed by atoms with E-state index in [0.717, 1.165) is 25.8 Å². The summed E-state index contributed by atoms with van der Waals surface area (Å²) < 4.78 is 0. The summed E-state index contributed by atoms with van der Waals surface area (Å²) in [5.41, 5.74) is 0. The lowest BCUT2D eigenvalue weighted by atomic mass is 10.1. The van der Waals surface area contributed by atoms with Crippen LogP contribution in [0.2, 0.25) is 0 Å². The van der Waals surface area contributed by atoms with Crippen molar-refractivity contribution in [1.82, 2.24) is 5.32 Å². The predicted molar refractivity (Wildman–Crippen MR) is 64.7 cm³/mol. The van der Waals surface area contributed by atoms with E-state index in [4.69, 9.17) is 0 Å². The first kappa shape index (κ1) is 13.9. The highest BCUT2D eigenvalue weighted by molar-refractivity contribution is 9.09. The third kappa shape index (κ3) is 8.54. The van der Waals surface area contributed by atoms with Gasteiger partial charge in [0, 0.05) is 17.8 Å². The summed E-state index contributed by atoms with van der Waals surface area (Å²) in [5.74, 6) is 0.801. The first-order chi connectivity index (χ1) is 6.56. The second-order valence-corrected chi connectivity index (χ2v) is 5.37. The minimum Gasteiger partial charge on any atom is -0.356 e. The Balaban J connectivity index is 3.35. The normalized spacial score (nSPS) is 12.9. The third-order valence-electron chi connectivity index (χ3n) is 2.17. The molecule has 0 aromatic carbocycles. The van der Waals surface area contributed by atoms with Gasteiger partial charge in [-0.05, 0) is 25.2 Å². The van der Waals surface area contributed by atoms with Crippen LogP contribution >= 0.6 is 15.9 Å². The van der Waals surface area contributed by atoms with Crippen LogP contribution in [0, 0.1) is 5.92 Å². The van der Waals surface area contributed by atoms with E-state index in [2.05, 4.69) is 42.0 Å². The maximum absolute atomic E-state index is 11.3. The molecule has 0 fully saturated rings. The zero-order valence-corrected chi connectivity index (χ0v) is 11.1. The molecule has 0 aromatic rings. The van der Waals surface area contributed by atoms with Gasteiger partial charge in [0.1, 0.15) is 0 Å². The number of hydrogen-bond donors (Lipinski definition) is 1. The van der Waals surface area contributed by atoms with Crippen molar-refractivity contribution in [1.29, 1.82) is 0 Å². The van der Waals surface area contributed by atoms with Crippen LogP contribution < -0.4 is 5.32 Å². The summed E-state index contributed by atoms with van der Waals surface area (Å²) in [6.07, 6.45) is 3.78. The lowest BCUT2D eigenvalue weighted by Gasteiger charge is -2.08. The lowest BCUT2D eigenvalue weighted by Crippen LogP contribution is -2.25. The zero-order valence-electron chi connectivity index (χ0n) is 9.48. The van der Waals surface area contributed by atoms with Gasteiger partial charge in [0.2, 0.25) is 5.91 Å². The summed E-state index contributed by atoms with van der Waals surface area (Å²) in [5, 5.41) is 2.93. The first-order valence-electron chi connectivity index (χ1n) is 5.47. The fourth-order valence-electron chi connectivity index (χ4n) is 1.08. The van der Waals surface area contributed by atoms with E-state index < -0.39 is 0 Å². The Kier molecular flexibility index (Phi) is 8.24. The molecule has 1 atom stereocenters. The van der Waals surface area contributed by atoms with Gasteiger partial charge in [-0.3, -0.25) is 4.79 Å². The molecule has 0 bridgehead atoms. The van der Waals surface area contributed by atoms with Crippen molar-refractivity contribution in [3.63, 3.8) is 0 Å². The third-order valence-corrected chi connectivity index (χ3v) is 3.28. The van der Waals surface area contributed by atoms with Crippen LogP contribution in [0.15, 0.2) is 0 Å². The highest BCUT2D eigenvalue weighted by atomic mass is 79.9. The molecule has 0 rings (SSSR count).